The standard InChI is InChI=1S/C14H29BN4O6S.2C13H25BF2N4O6S.C12H24BN5O6S.C11H22BN5O6S/c1-10(13(16)5-3-6-13)18-26(24,25)19-8-11(4-2-7-15(22)23)14(17,9-19)12(20)21;15-13(16)4-3-11(13,17)7-19-27(25,26)20-6-9(2-1-5-14(23)24)12(18,8-20)10(21)22;15-9-4-12(17,10(9)16)6-19-27(25,26)20-5-8(2-1-3-14(23)24)13(18,7-20)11(21)22;1-8(10(15)5-14)17-25(23,24)18-6-9(3-2-4-13(21)22)12(16,7-18)11(19)20;13-4-9(14)5-16-24(22,23)17-6-8(2-1-3-12(20)21)11(15,7-17)10(18)19/h10-11,18,22-23H,2-9,16-17H2,1H3,(H,20,21);9,19,23-24H,1-8,17-18H2,(H,21,22);8-10,19,23-24H,1-7,17-18H2,(H,21,22);8-10,17,21-22H,2-4,6-7,15-16H2,1H3,(H,19,20);8-9,16,20-21H,1-3,5-7,14-15H2,(H,18,19)/t10-,11-,14-;9-,11?,12-;8-,9?,10?,12?,13-;8-,9-,10-,12-;8-,9+,11-/m00000/s1. The number of carboxylic acid groups (broad SMARTS) is 5. The van der Waals surface area contributed by atoms with Crippen molar-refractivity contribution >= 4 is 116 Å². The molecule has 0 radical (unpaired) electrons. The summed E-state index contributed by atoms with van der Waals surface area (Å²) in [4.78, 5) is 57.8. The lowest BCUT2D eigenvalue weighted by molar-refractivity contribution is -0.145. The minimum atomic E-state index is -4.27. The van der Waals surface area contributed by atoms with Crippen LogP contribution < -0.4 is 80.9 Å². The first-order valence-corrected chi connectivity index (χ1v) is 48.2. The largest absolute Gasteiger partial charge is 0.480 e. The molecular formula is C63H125B5F4N22O30S5. The fourth-order valence-electron chi connectivity index (χ4n) is 15.8. The van der Waals surface area contributed by atoms with Crippen LogP contribution in [0.5, 0.6) is 0 Å². The fraction of sp³-hybridized carbons (Fsp3) is 0.889. The SMILES string of the molecule is C[C@H](NS(=O)(=O)N1C[C@H](CCCB(O)O)[C@](N)(C(=O)O)C1)C1(N)CCC1.C[C@H](NS(=O)(=O)N1C[C@H](CCCB(O)O)[C@](N)(C(=O)O)C1)[C@@H](N)C#N.N#C[C@@H](N)CNS(=O)(=O)N1C[C@H](CCCB(O)O)[C@](N)(C(=O)O)C1.NC1(CNS(=O)(=O)N2C[C@H](CCCB(O)O)[C@](N)(C(=O)O)C2)CC(F)C1F.NC1(CNS(=O)(=O)N2C[C@H](CCCB(O)O)[C@](N)(C(=O)O)C2)CCC1(F)F. The van der Waals surface area contributed by atoms with E-state index >= 15 is 0 Å². The van der Waals surface area contributed by atoms with Crippen LogP contribution in [-0.2, 0) is 75.0 Å². The molecule has 0 aromatic heterocycles. The van der Waals surface area contributed by atoms with Gasteiger partial charge in [-0.25, -0.2) is 27.0 Å². The van der Waals surface area contributed by atoms with Crippen LogP contribution in [0, 0.1) is 52.3 Å². The summed E-state index contributed by atoms with van der Waals surface area (Å²) in [6.45, 7) is -1.34. The Kier molecular flexibility index (Phi) is 42.0. The average molecular weight is 1960 g/mol. The van der Waals surface area contributed by atoms with Crippen molar-refractivity contribution in [3.05, 3.63) is 0 Å². The number of rotatable bonds is 45. The third kappa shape index (κ3) is 30.5. The van der Waals surface area contributed by atoms with Gasteiger partial charge in [0.1, 0.15) is 45.9 Å². The second kappa shape index (κ2) is 46.6. The van der Waals surface area contributed by atoms with E-state index in [1.54, 1.807) is 19.1 Å². The predicted octanol–water partition coefficient (Wildman–Crippen LogP) is -12.8. The van der Waals surface area contributed by atoms with Crippen molar-refractivity contribution in [2.24, 2.45) is 86.9 Å². The summed E-state index contributed by atoms with van der Waals surface area (Å²) in [5.74, 6) is -13.4. The van der Waals surface area contributed by atoms with E-state index in [0.29, 0.717) is 6.42 Å². The minimum Gasteiger partial charge on any atom is -0.480 e. The van der Waals surface area contributed by atoms with Gasteiger partial charge in [-0.1, -0.05) is 32.1 Å². The number of halogens is 4. The van der Waals surface area contributed by atoms with Crippen LogP contribution in [0.15, 0.2) is 0 Å². The number of nitrogens with two attached hydrogens (primary N) is 10. The summed E-state index contributed by atoms with van der Waals surface area (Å²) >= 11 is 0. The molecule has 0 bridgehead atoms. The number of nitrogens with one attached hydrogen (secondary N) is 5. The van der Waals surface area contributed by atoms with Crippen molar-refractivity contribution in [1.29, 1.82) is 10.5 Å². The Morgan fingerprint density at radius 3 is 0.938 bits per heavy atom. The molecule has 129 heavy (non-hydrogen) atoms. The van der Waals surface area contributed by atoms with Crippen molar-refractivity contribution < 1.29 is 159 Å². The second-order valence-corrected chi connectivity index (χ2v) is 43.4. The highest BCUT2D eigenvalue weighted by molar-refractivity contribution is 7.88. The van der Waals surface area contributed by atoms with E-state index in [-0.39, 0.29) is 148 Å². The topological polar surface area (TPSA) is 944 Å². The maximum atomic E-state index is 13.5. The Bertz CT molecular complexity index is 4480. The van der Waals surface area contributed by atoms with Gasteiger partial charge in [-0.05, 0) is 103 Å². The lowest BCUT2D eigenvalue weighted by Crippen LogP contribution is -2.69. The molecule has 5 aliphatic heterocycles. The molecule has 0 aromatic rings. The normalized spacial score (nSPS) is 30.9. The van der Waals surface area contributed by atoms with Gasteiger partial charge in [-0.3, -0.25) is 24.0 Å². The molecule has 3 aliphatic carbocycles. The molecule has 0 amide bonds. The van der Waals surface area contributed by atoms with Crippen molar-refractivity contribution in [2.75, 3.05) is 85.1 Å². The highest BCUT2D eigenvalue weighted by atomic mass is 32.2. The van der Waals surface area contributed by atoms with E-state index in [2.05, 4.69) is 18.9 Å². The Morgan fingerprint density at radius 1 is 0.434 bits per heavy atom. The molecule has 0 spiro atoms. The summed E-state index contributed by atoms with van der Waals surface area (Å²) in [5.41, 5.74) is 44.7. The molecule has 0 aromatic carbocycles. The van der Waals surface area contributed by atoms with E-state index < -0.39 is 279 Å². The zero-order chi connectivity index (χ0) is 99.0. The molecule has 8 aliphatic rings. The summed E-state index contributed by atoms with van der Waals surface area (Å²) in [7, 11) is -28.2. The Morgan fingerprint density at radius 2 is 0.713 bits per heavy atom. The van der Waals surface area contributed by atoms with Gasteiger partial charge in [0.2, 0.25) is 0 Å². The minimum absolute atomic E-state index is 0.00478. The van der Waals surface area contributed by atoms with E-state index in [0.717, 1.165) is 40.8 Å². The zero-order valence-corrected chi connectivity index (χ0v) is 75.2. The number of carbonyl (C=O) groups is 5. The number of hydrogen-bond donors (Lipinski definition) is 30. The summed E-state index contributed by atoms with van der Waals surface area (Å²) < 4.78 is 194. The molecule has 66 heteroatoms. The number of nitrogens with zero attached hydrogens (tertiary/aromatic N) is 7. The quantitative estimate of drug-likeness (QED) is 0.0199. The van der Waals surface area contributed by atoms with Crippen LogP contribution in [0.25, 0.3) is 0 Å². The summed E-state index contributed by atoms with van der Waals surface area (Å²) in [6, 6.07) is -0.0103. The van der Waals surface area contributed by atoms with Crippen LogP contribution in [0.4, 0.5) is 17.6 Å². The van der Waals surface area contributed by atoms with Gasteiger partial charge in [0.25, 0.3) is 57.0 Å². The van der Waals surface area contributed by atoms with Crippen LogP contribution in [-0.4, -0.2) is 377 Å². The van der Waals surface area contributed by atoms with Gasteiger partial charge in [-0.2, -0.15) is 88.3 Å². The molecule has 5 heterocycles. The first-order chi connectivity index (χ1) is 58.9. The van der Waals surface area contributed by atoms with E-state index in [4.69, 9.17) is 118 Å². The van der Waals surface area contributed by atoms with Crippen molar-refractivity contribution in [1.82, 2.24) is 45.1 Å². The molecule has 3 saturated carbocycles. The molecule has 40 N–H and O–H groups in total. The van der Waals surface area contributed by atoms with Gasteiger partial charge in [0, 0.05) is 145 Å². The zero-order valence-electron chi connectivity index (χ0n) is 71.1. The van der Waals surface area contributed by atoms with Crippen molar-refractivity contribution in [3.63, 3.8) is 0 Å². The average Bonchev–Trinajstić information content (AvgIpc) is 1.68. The van der Waals surface area contributed by atoms with Gasteiger partial charge < -0.3 is 133 Å². The van der Waals surface area contributed by atoms with Gasteiger partial charge in [-0.15, -0.1) is 0 Å². The lowest BCUT2D eigenvalue weighted by atomic mass is 9.73. The smallest absolute Gasteiger partial charge is 0.451 e. The predicted molar refractivity (Wildman–Crippen MR) is 453 cm³/mol. The summed E-state index contributed by atoms with van der Waals surface area (Å²) in [5, 5.41) is 153. The molecule has 8 rings (SSSR count). The number of alkyl halides is 4. The number of aliphatic carboxylic acids is 5. The molecule has 8 fully saturated rings. The number of nitriles is 2. The monoisotopic (exact) mass is 1960 g/mol. The molecular weight excluding hydrogens is 1840 g/mol. The third-order valence-electron chi connectivity index (χ3n) is 25.1. The maximum Gasteiger partial charge on any atom is 0.451 e. The molecule has 5 saturated heterocycles. The lowest BCUT2D eigenvalue weighted by Gasteiger charge is -2.46. The van der Waals surface area contributed by atoms with Crippen LogP contribution in [0.3, 0.4) is 0 Å². The van der Waals surface area contributed by atoms with Crippen LogP contribution in [0.1, 0.15) is 117 Å². The highest BCUT2D eigenvalue weighted by Crippen LogP contribution is 2.46. The third-order valence-corrected chi connectivity index (χ3v) is 32.7. The van der Waals surface area contributed by atoms with Crippen LogP contribution in [0.2, 0.25) is 31.6 Å². The number of carboxylic acids is 5. The highest BCUT2D eigenvalue weighted by Gasteiger charge is 2.62. The van der Waals surface area contributed by atoms with E-state index in [1.165, 1.54) is 6.92 Å². The Balaban J connectivity index is 0.000000338. The van der Waals surface area contributed by atoms with Crippen molar-refractivity contribution in [2.45, 2.75) is 235 Å². The number of hydrogen-bond acceptors (Lipinski definition) is 37. The Hall–Kier alpha value is -5.08. The van der Waals surface area contributed by atoms with Gasteiger partial charge in [0.05, 0.1) is 23.2 Å². The molecule has 4 unspecified atom stereocenters. The van der Waals surface area contributed by atoms with E-state index in [9.17, 15) is 109 Å². The molecule has 52 nitrogen and oxygen atoms in total. The first-order valence-electron chi connectivity index (χ1n) is 41.0. The van der Waals surface area contributed by atoms with Crippen LogP contribution >= 0.6 is 0 Å². The first kappa shape index (κ1) is 116. The summed E-state index contributed by atoms with van der Waals surface area (Å²) in [6.07, 6.45) is 0.485. The van der Waals surface area contributed by atoms with Gasteiger partial charge in [0.15, 0.2) is 6.17 Å². The van der Waals surface area contributed by atoms with Crippen molar-refractivity contribution in [3.8, 4) is 12.1 Å². The molecule has 740 valence electrons. The second-order valence-electron chi connectivity index (χ2n) is 34.7. The fourth-order valence-corrected chi connectivity index (χ4v) is 23.0. The Labute approximate surface area is 746 Å². The van der Waals surface area contributed by atoms with E-state index in [1.807, 2.05) is 4.72 Å². The molecule has 18 atom stereocenters. The maximum absolute atomic E-state index is 13.5. The van der Waals surface area contributed by atoms with Gasteiger partial charge >= 0.3 is 65.4 Å².